The Balaban J connectivity index is 1.94. The van der Waals surface area contributed by atoms with E-state index in [1.54, 1.807) is 11.8 Å². The molecule has 1 aliphatic heterocycles. The summed E-state index contributed by atoms with van der Waals surface area (Å²) in [6.45, 7) is 4.99. The first-order chi connectivity index (χ1) is 9.79. The Labute approximate surface area is 122 Å². The summed E-state index contributed by atoms with van der Waals surface area (Å²) in [7, 11) is 0. The number of amides is 1. The fourth-order valence-electron chi connectivity index (χ4n) is 2.45. The van der Waals surface area contributed by atoms with Crippen LogP contribution in [0, 0.1) is 5.92 Å². The van der Waals surface area contributed by atoms with E-state index >= 15 is 0 Å². The largest absolute Gasteiger partial charge is 0.390 e. The van der Waals surface area contributed by atoms with Crippen molar-refractivity contribution in [3.63, 3.8) is 0 Å². The number of nitrogens with one attached hydrogen (secondary N) is 1. The van der Waals surface area contributed by atoms with Crippen molar-refractivity contribution >= 4 is 5.91 Å². The Bertz CT molecular complexity index is 632. The van der Waals surface area contributed by atoms with Gasteiger partial charge in [0.15, 0.2) is 0 Å². The number of aromatic amines is 1. The highest BCUT2D eigenvalue weighted by Gasteiger charge is 2.35. The molecule has 1 aliphatic rings. The van der Waals surface area contributed by atoms with Crippen LogP contribution in [0.1, 0.15) is 26.7 Å². The zero-order chi connectivity index (χ0) is 15.6. The molecular weight excluding hydrogens is 274 g/mol. The van der Waals surface area contributed by atoms with Gasteiger partial charge in [0.2, 0.25) is 5.91 Å². The lowest BCUT2D eigenvalue weighted by atomic mass is 9.84. The van der Waals surface area contributed by atoms with E-state index in [0.29, 0.717) is 19.5 Å². The van der Waals surface area contributed by atoms with Gasteiger partial charge in [0.1, 0.15) is 0 Å². The Morgan fingerprint density at radius 2 is 2.24 bits per heavy atom. The quantitative estimate of drug-likeness (QED) is 0.789. The third kappa shape index (κ3) is 3.60. The standard InChI is InChI=1S/C14H21N3O4/c1-10-9-17(8-5-14(10,2)21)12(19)4-7-16-6-3-11(18)15-13(16)20/h3,6,10,21H,4-5,7-9H2,1-2H3,(H,15,18,20)/t10-,14+/m1/s1. The smallest absolute Gasteiger partial charge is 0.328 e. The number of aliphatic hydroxyl groups is 1. The van der Waals surface area contributed by atoms with Crippen LogP contribution < -0.4 is 11.2 Å². The Morgan fingerprint density at radius 1 is 1.52 bits per heavy atom. The van der Waals surface area contributed by atoms with Gasteiger partial charge in [-0.05, 0) is 13.3 Å². The fraction of sp³-hybridized carbons (Fsp3) is 0.643. The molecule has 0 spiro atoms. The average Bonchev–Trinajstić information content (AvgIpc) is 2.40. The summed E-state index contributed by atoms with van der Waals surface area (Å²) in [5.74, 6) is -0.0264. The van der Waals surface area contributed by atoms with Crippen LogP contribution in [0.2, 0.25) is 0 Å². The molecule has 0 aromatic carbocycles. The minimum absolute atomic E-state index is 0.0194. The maximum atomic E-state index is 12.2. The highest BCUT2D eigenvalue weighted by atomic mass is 16.3. The number of nitrogens with zero attached hydrogens (tertiary/aromatic N) is 2. The van der Waals surface area contributed by atoms with E-state index in [4.69, 9.17) is 0 Å². The second-order valence-electron chi connectivity index (χ2n) is 5.90. The van der Waals surface area contributed by atoms with Crippen molar-refractivity contribution in [2.45, 2.75) is 38.8 Å². The van der Waals surface area contributed by atoms with Crippen LogP contribution in [0.25, 0.3) is 0 Å². The number of aryl methyl sites for hydroxylation is 1. The van der Waals surface area contributed by atoms with Crippen LogP contribution in [0.4, 0.5) is 0 Å². The SMILES string of the molecule is C[C@@H]1CN(C(=O)CCn2ccc(=O)[nH]c2=O)CC[C@]1(C)O. The third-order valence-corrected chi connectivity index (χ3v) is 4.26. The van der Waals surface area contributed by atoms with Crippen molar-refractivity contribution in [1.82, 2.24) is 14.5 Å². The van der Waals surface area contributed by atoms with Crippen molar-refractivity contribution in [3.05, 3.63) is 33.1 Å². The third-order valence-electron chi connectivity index (χ3n) is 4.26. The van der Waals surface area contributed by atoms with Gasteiger partial charge in [0.05, 0.1) is 5.60 Å². The molecule has 2 N–H and O–H groups in total. The lowest BCUT2D eigenvalue weighted by Crippen LogP contribution is -2.51. The minimum Gasteiger partial charge on any atom is -0.390 e. The Kier molecular flexibility index (Phi) is 4.32. The van der Waals surface area contributed by atoms with Gasteiger partial charge in [0, 0.05) is 44.2 Å². The molecule has 1 amide bonds. The number of aromatic nitrogens is 2. The summed E-state index contributed by atoms with van der Waals surface area (Å²) in [5, 5.41) is 10.1. The normalized spacial score (nSPS) is 25.9. The number of likely N-dealkylation sites (tertiary alicyclic amines) is 1. The highest BCUT2D eigenvalue weighted by molar-refractivity contribution is 5.76. The van der Waals surface area contributed by atoms with Gasteiger partial charge in [-0.3, -0.25) is 14.6 Å². The van der Waals surface area contributed by atoms with E-state index in [1.165, 1.54) is 16.8 Å². The van der Waals surface area contributed by atoms with Crippen LogP contribution in [-0.4, -0.2) is 44.2 Å². The predicted octanol–water partition coefficient (Wildman–Crippen LogP) is -0.454. The second-order valence-corrected chi connectivity index (χ2v) is 5.90. The lowest BCUT2D eigenvalue weighted by Gasteiger charge is -2.41. The van der Waals surface area contributed by atoms with Gasteiger partial charge in [-0.15, -0.1) is 0 Å². The fourth-order valence-corrected chi connectivity index (χ4v) is 2.45. The molecule has 116 valence electrons. The molecule has 1 aromatic heterocycles. The summed E-state index contributed by atoms with van der Waals surface area (Å²) >= 11 is 0. The van der Waals surface area contributed by atoms with Gasteiger partial charge in [-0.1, -0.05) is 6.92 Å². The first kappa shape index (κ1) is 15.5. The van der Waals surface area contributed by atoms with Crippen LogP contribution in [-0.2, 0) is 11.3 Å². The Morgan fingerprint density at radius 3 is 2.86 bits per heavy atom. The van der Waals surface area contributed by atoms with Crippen molar-refractivity contribution in [2.75, 3.05) is 13.1 Å². The predicted molar refractivity (Wildman–Crippen MR) is 76.9 cm³/mol. The summed E-state index contributed by atoms with van der Waals surface area (Å²) in [4.78, 5) is 38.5. The molecule has 2 atom stereocenters. The average molecular weight is 295 g/mol. The summed E-state index contributed by atoms with van der Waals surface area (Å²) in [6, 6.07) is 1.26. The molecule has 2 rings (SSSR count). The molecule has 1 aromatic rings. The molecule has 21 heavy (non-hydrogen) atoms. The maximum absolute atomic E-state index is 12.2. The highest BCUT2D eigenvalue weighted by Crippen LogP contribution is 2.27. The first-order valence-electron chi connectivity index (χ1n) is 7.09. The van der Waals surface area contributed by atoms with E-state index in [-0.39, 0.29) is 24.8 Å². The molecule has 7 nitrogen and oxygen atoms in total. The van der Waals surface area contributed by atoms with Crippen molar-refractivity contribution < 1.29 is 9.90 Å². The molecular formula is C14H21N3O4. The maximum Gasteiger partial charge on any atom is 0.328 e. The van der Waals surface area contributed by atoms with E-state index in [2.05, 4.69) is 4.98 Å². The van der Waals surface area contributed by atoms with Gasteiger partial charge < -0.3 is 14.6 Å². The van der Waals surface area contributed by atoms with Gasteiger partial charge in [-0.2, -0.15) is 0 Å². The number of hydrogen-bond donors (Lipinski definition) is 2. The topological polar surface area (TPSA) is 95.4 Å². The van der Waals surface area contributed by atoms with Crippen LogP contribution in [0.3, 0.4) is 0 Å². The molecule has 0 radical (unpaired) electrons. The van der Waals surface area contributed by atoms with Gasteiger partial charge in [-0.25, -0.2) is 4.79 Å². The second kappa shape index (κ2) is 5.85. The van der Waals surface area contributed by atoms with Gasteiger partial charge >= 0.3 is 5.69 Å². The number of H-pyrrole nitrogens is 1. The zero-order valence-electron chi connectivity index (χ0n) is 12.3. The van der Waals surface area contributed by atoms with E-state index in [1.807, 2.05) is 6.92 Å². The zero-order valence-corrected chi connectivity index (χ0v) is 12.3. The van der Waals surface area contributed by atoms with E-state index < -0.39 is 16.9 Å². The molecule has 0 saturated carbocycles. The summed E-state index contributed by atoms with van der Waals surface area (Å²) in [5.41, 5.74) is -1.69. The number of piperidine rings is 1. The molecule has 1 saturated heterocycles. The number of carbonyl (C=O) groups is 1. The first-order valence-corrected chi connectivity index (χ1v) is 7.09. The molecule has 0 aliphatic carbocycles. The van der Waals surface area contributed by atoms with E-state index in [0.717, 1.165) is 0 Å². The molecule has 0 bridgehead atoms. The minimum atomic E-state index is -0.730. The number of rotatable bonds is 3. The van der Waals surface area contributed by atoms with Crippen molar-refractivity contribution in [1.29, 1.82) is 0 Å². The molecule has 1 fully saturated rings. The lowest BCUT2D eigenvalue weighted by molar-refractivity contribution is -0.138. The van der Waals surface area contributed by atoms with Crippen molar-refractivity contribution in [3.8, 4) is 0 Å². The molecule has 0 unspecified atom stereocenters. The molecule has 2 heterocycles. The van der Waals surface area contributed by atoms with Crippen LogP contribution >= 0.6 is 0 Å². The Hall–Kier alpha value is -1.89. The molecule has 7 heteroatoms. The van der Waals surface area contributed by atoms with Crippen LogP contribution in [0.5, 0.6) is 0 Å². The summed E-state index contributed by atoms with van der Waals surface area (Å²) in [6.07, 6.45) is 2.14. The monoisotopic (exact) mass is 295 g/mol. The number of hydrogen-bond acceptors (Lipinski definition) is 4. The number of carbonyl (C=O) groups excluding carboxylic acids is 1. The van der Waals surface area contributed by atoms with Crippen LogP contribution in [0.15, 0.2) is 21.9 Å². The van der Waals surface area contributed by atoms with Gasteiger partial charge in [0.25, 0.3) is 5.56 Å². The van der Waals surface area contributed by atoms with E-state index in [9.17, 15) is 19.5 Å². The van der Waals surface area contributed by atoms with Crippen molar-refractivity contribution in [2.24, 2.45) is 5.92 Å². The summed E-state index contributed by atoms with van der Waals surface area (Å²) < 4.78 is 1.31.